The maximum absolute atomic E-state index is 5.20. The number of likely N-dealkylation sites (tertiary alicyclic amines) is 1. The minimum absolute atomic E-state index is 0.762. The number of fused-ring (bicyclic) bond motifs is 1. The van der Waals surface area contributed by atoms with E-state index >= 15 is 0 Å². The first-order valence-corrected chi connectivity index (χ1v) is 8.25. The fourth-order valence-corrected chi connectivity index (χ4v) is 3.41. The number of hydrogen-bond donors (Lipinski definition) is 0. The molecule has 3 heterocycles. The number of methoxy groups -OCH3 is 1. The molecule has 22 heavy (non-hydrogen) atoms. The zero-order chi connectivity index (χ0) is 15.2. The molecule has 1 atom stereocenters. The maximum Gasteiger partial charge on any atom is 0.0735 e. The van der Waals surface area contributed by atoms with Crippen LogP contribution in [0.3, 0.4) is 0 Å². The molecular formula is C18H25N3O. The summed E-state index contributed by atoms with van der Waals surface area (Å²) in [6.45, 7) is 4.30. The molecule has 1 fully saturated rings. The van der Waals surface area contributed by atoms with Crippen molar-refractivity contribution in [3.8, 4) is 0 Å². The normalized spacial score (nSPS) is 20.1. The summed E-state index contributed by atoms with van der Waals surface area (Å²) in [6.07, 6.45) is 10.7. The van der Waals surface area contributed by atoms with E-state index in [0.717, 1.165) is 31.0 Å². The second kappa shape index (κ2) is 7.65. The van der Waals surface area contributed by atoms with Gasteiger partial charge in [0.15, 0.2) is 0 Å². The molecule has 0 spiro atoms. The summed E-state index contributed by atoms with van der Waals surface area (Å²) in [5, 5.41) is 1.21. The molecule has 0 N–H and O–H groups in total. The highest BCUT2D eigenvalue weighted by molar-refractivity contribution is 5.80. The van der Waals surface area contributed by atoms with E-state index in [1.807, 2.05) is 24.7 Å². The molecule has 0 aromatic carbocycles. The molecule has 0 bridgehead atoms. The molecule has 2 aromatic rings. The van der Waals surface area contributed by atoms with E-state index in [4.69, 9.17) is 4.74 Å². The largest absolute Gasteiger partial charge is 0.383 e. The van der Waals surface area contributed by atoms with Crippen LogP contribution in [0.5, 0.6) is 0 Å². The predicted molar refractivity (Wildman–Crippen MR) is 88.9 cm³/mol. The van der Waals surface area contributed by atoms with Gasteiger partial charge in [-0.3, -0.25) is 9.97 Å². The Morgan fingerprint density at radius 3 is 3.09 bits per heavy atom. The van der Waals surface area contributed by atoms with Crippen LogP contribution in [0.25, 0.3) is 10.9 Å². The topological polar surface area (TPSA) is 38.2 Å². The average molecular weight is 299 g/mol. The highest BCUT2D eigenvalue weighted by Crippen LogP contribution is 2.25. The predicted octanol–water partition coefficient (Wildman–Crippen LogP) is 2.92. The van der Waals surface area contributed by atoms with Gasteiger partial charge < -0.3 is 9.64 Å². The van der Waals surface area contributed by atoms with E-state index in [1.165, 1.54) is 43.3 Å². The van der Waals surface area contributed by atoms with Crippen molar-refractivity contribution in [3.05, 3.63) is 36.3 Å². The molecule has 1 aliphatic rings. The quantitative estimate of drug-likeness (QED) is 0.851. The molecule has 118 valence electrons. The summed E-state index contributed by atoms with van der Waals surface area (Å²) in [4.78, 5) is 11.2. The van der Waals surface area contributed by atoms with Gasteiger partial charge in [0.25, 0.3) is 0 Å². The fourth-order valence-electron chi connectivity index (χ4n) is 3.41. The molecule has 3 rings (SSSR count). The van der Waals surface area contributed by atoms with Crippen molar-refractivity contribution >= 4 is 10.9 Å². The fraction of sp³-hybridized carbons (Fsp3) is 0.556. The third kappa shape index (κ3) is 3.81. The van der Waals surface area contributed by atoms with E-state index in [1.54, 1.807) is 7.11 Å². The SMILES string of the molecule is COCCN1CCC[C@@H](Cc2ccnc3ccncc23)CC1. The minimum Gasteiger partial charge on any atom is -0.383 e. The average Bonchev–Trinajstić information content (AvgIpc) is 2.79. The summed E-state index contributed by atoms with van der Waals surface area (Å²) in [6, 6.07) is 4.16. The zero-order valence-electron chi connectivity index (χ0n) is 13.4. The lowest BCUT2D eigenvalue weighted by Gasteiger charge is -2.19. The lowest BCUT2D eigenvalue weighted by molar-refractivity contribution is 0.149. The van der Waals surface area contributed by atoms with Gasteiger partial charge in [-0.25, -0.2) is 0 Å². The Morgan fingerprint density at radius 2 is 2.18 bits per heavy atom. The Kier molecular flexibility index (Phi) is 5.35. The van der Waals surface area contributed by atoms with E-state index in [0.29, 0.717) is 0 Å². The van der Waals surface area contributed by atoms with E-state index < -0.39 is 0 Å². The molecule has 0 unspecified atom stereocenters. The van der Waals surface area contributed by atoms with E-state index in [-0.39, 0.29) is 0 Å². The molecule has 1 saturated heterocycles. The van der Waals surface area contributed by atoms with Crippen LogP contribution >= 0.6 is 0 Å². The van der Waals surface area contributed by atoms with Gasteiger partial charge in [-0.15, -0.1) is 0 Å². The number of rotatable bonds is 5. The van der Waals surface area contributed by atoms with E-state index in [9.17, 15) is 0 Å². The zero-order valence-corrected chi connectivity index (χ0v) is 13.4. The van der Waals surface area contributed by atoms with Gasteiger partial charge in [0.2, 0.25) is 0 Å². The van der Waals surface area contributed by atoms with Crippen LogP contribution in [-0.2, 0) is 11.2 Å². The summed E-state index contributed by atoms with van der Waals surface area (Å²) in [7, 11) is 1.78. The first-order chi connectivity index (χ1) is 10.9. The second-order valence-corrected chi connectivity index (χ2v) is 6.20. The van der Waals surface area contributed by atoms with Gasteiger partial charge in [0, 0.05) is 37.6 Å². The molecule has 0 radical (unpaired) electrons. The van der Waals surface area contributed by atoms with Gasteiger partial charge in [-0.2, -0.15) is 0 Å². The van der Waals surface area contributed by atoms with Gasteiger partial charge in [-0.1, -0.05) is 0 Å². The van der Waals surface area contributed by atoms with Gasteiger partial charge in [0.1, 0.15) is 0 Å². The van der Waals surface area contributed by atoms with Gasteiger partial charge in [-0.05, 0) is 62.4 Å². The van der Waals surface area contributed by atoms with Crippen molar-refractivity contribution in [2.75, 3.05) is 33.4 Å². The van der Waals surface area contributed by atoms with Crippen LogP contribution < -0.4 is 0 Å². The summed E-state index contributed by atoms with van der Waals surface area (Å²) in [5.74, 6) is 0.762. The summed E-state index contributed by atoms with van der Waals surface area (Å²) >= 11 is 0. The van der Waals surface area contributed by atoms with Crippen molar-refractivity contribution in [1.29, 1.82) is 0 Å². The number of hydrogen-bond acceptors (Lipinski definition) is 4. The van der Waals surface area contributed by atoms with Gasteiger partial charge in [0.05, 0.1) is 12.1 Å². The number of aromatic nitrogens is 2. The number of pyridine rings is 2. The highest BCUT2D eigenvalue weighted by Gasteiger charge is 2.18. The van der Waals surface area contributed by atoms with Crippen molar-refractivity contribution < 1.29 is 4.74 Å². The Bertz CT molecular complexity index is 596. The van der Waals surface area contributed by atoms with Crippen LogP contribution in [0.1, 0.15) is 24.8 Å². The molecule has 0 aliphatic carbocycles. The minimum atomic E-state index is 0.762. The highest BCUT2D eigenvalue weighted by atomic mass is 16.5. The molecule has 4 nitrogen and oxygen atoms in total. The molecule has 1 aliphatic heterocycles. The third-order valence-electron chi connectivity index (χ3n) is 4.69. The first-order valence-electron chi connectivity index (χ1n) is 8.25. The van der Waals surface area contributed by atoms with Crippen LogP contribution in [0.2, 0.25) is 0 Å². The molecular weight excluding hydrogens is 274 g/mol. The summed E-state index contributed by atoms with van der Waals surface area (Å²) < 4.78 is 5.20. The summed E-state index contributed by atoms with van der Waals surface area (Å²) in [5.41, 5.74) is 2.45. The second-order valence-electron chi connectivity index (χ2n) is 6.20. The first kappa shape index (κ1) is 15.4. The standard InChI is InChI=1S/C18H25N3O/c1-22-12-11-21-9-2-3-15(6-10-21)13-16-4-8-20-18-5-7-19-14-17(16)18/h4-5,7-8,14-15H,2-3,6,9-13H2,1H3/t15-/m1/s1. The Hall–Kier alpha value is -1.52. The van der Waals surface area contributed by atoms with Crippen LogP contribution in [-0.4, -0.2) is 48.2 Å². The smallest absolute Gasteiger partial charge is 0.0735 e. The number of nitrogens with zero attached hydrogens (tertiary/aromatic N) is 3. The molecule has 4 heteroatoms. The molecule has 0 amide bonds. The van der Waals surface area contributed by atoms with Crippen LogP contribution in [0.15, 0.2) is 30.7 Å². The monoisotopic (exact) mass is 299 g/mol. The van der Waals surface area contributed by atoms with Crippen molar-refractivity contribution in [3.63, 3.8) is 0 Å². The third-order valence-corrected chi connectivity index (χ3v) is 4.69. The van der Waals surface area contributed by atoms with E-state index in [2.05, 4.69) is 20.9 Å². The maximum atomic E-state index is 5.20. The Balaban J connectivity index is 1.65. The molecule has 2 aromatic heterocycles. The molecule has 0 saturated carbocycles. The van der Waals surface area contributed by atoms with Crippen LogP contribution in [0.4, 0.5) is 0 Å². The lowest BCUT2D eigenvalue weighted by Crippen LogP contribution is -2.28. The van der Waals surface area contributed by atoms with Gasteiger partial charge >= 0.3 is 0 Å². The van der Waals surface area contributed by atoms with Crippen molar-refractivity contribution in [2.24, 2.45) is 5.92 Å². The van der Waals surface area contributed by atoms with Crippen LogP contribution in [0, 0.1) is 5.92 Å². The van der Waals surface area contributed by atoms with Crippen molar-refractivity contribution in [1.82, 2.24) is 14.9 Å². The number of ether oxygens (including phenoxy) is 1. The Morgan fingerprint density at radius 1 is 1.23 bits per heavy atom. The van der Waals surface area contributed by atoms with Crippen molar-refractivity contribution in [2.45, 2.75) is 25.7 Å². The lowest BCUT2D eigenvalue weighted by atomic mass is 9.92. The Labute approximate surface area is 132 Å².